The first kappa shape index (κ1) is 17.0. The van der Waals surface area contributed by atoms with Gasteiger partial charge in [-0.15, -0.1) is 12.4 Å². The summed E-state index contributed by atoms with van der Waals surface area (Å²) in [5.41, 5.74) is 0. The van der Waals surface area contributed by atoms with Gasteiger partial charge in [0.1, 0.15) is 12.4 Å². The first-order valence-corrected chi connectivity index (χ1v) is 6.76. The highest BCUT2D eigenvalue weighted by Crippen LogP contribution is 2.19. The van der Waals surface area contributed by atoms with Crippen LogP contribution in [0, 0.1) is 5.92 Å². The van der Waals surface area contributed by atoms with Crippen LogP contribution in [0.1, 0.15) is 29.2 Å². The topological polar surface area (TPSA) is 54.7 Å². The minimum absolute atomic E-state index is 0. The van der Waals surface area contributed by atoms with Crippen molar-refractivity contribution in [1.82, 2.24) is 10.2 Å². The van der Waals surface area contributed by atoms with Crippen LogP contribution in [0.5, 0.6) is 0 Å². The molecule has 20 heavy (non-hydrogen) atoms. The Kier molecular flexibility index (Phi) is 7.05. The molecule has 0 bridgehead atoms. The van der Waals surface area contributed by atoms with Gasteiger partial charge in [0.2, 0.25) is 0 Å². The Balaban J connectivity index is 0.00000200. The second kappa shape index (κ2) is 8.29. The summed E-state index contributed by atoms with van der Waals surface area (Å²) in [6.07, 6.45) is 2.24. The summed E-state index contributed by atoms with van der Waals surface area (Å²) in [6, 6.07) is 3.53. The molecule has 5 nitrogen and oxygen atoms in total. The van der Waals surface area contributed by atoms with Gasteiger partial charge in [-0.2, -0.15) is 0 Å². The van der Waals surface area contributed by atoms with Gasteiger partial charge in [0.15, 0.2) is 5.76 Å². The quantitative estimate of drug-likeness (QED) is 0.903. The molecule has 1 aliphatic rings. The fourth-order valence-corrected chi connectivity index (χ4v) is 2.57. The van der Waals surface area contributed by atoms with Gasteiger partial charge in [-0.1, -0.05) is 0 Å². The number of furan rings is 1. The second-order valence-corrected chi connectivity index (χ2v) is 5.02. The van der Waals surface area contributed by atoms with Gasteiger partial charge < -0.3 is 19.4 Å². The van der Waals surface area contributed by atoms with E-state index in [1.165, 1.54) is 6.42 Å². The summed E-state index contributed by atoms with van der Waals surface area (Å²) in [5, 5.41) is 3.18. The van der Waals surface area contributed by atoms with Crippen LogP contribution in [0.15, 0.2) is 16.5 Å². The smallest absolute Gasteiger partial charge is 0.289 e. The molecule has 1 amide bonds. The average Bonchev–Trinajstić information content (AvgIpc) is 2.88. The number of hydrogen-bond donors (Lipinski definition) is 1. The van der Waals surface area contributed by atoms with E-state index in [0.29, 0.717) is 24.0 Å². The highest BCUT2D eigenvalue weighted by atomic mass is 35.5. The molecule has 114 valence electrons. The SMILES string of the molecule is CNCC1CCCN(C(=O)c2ccc(COC)o2)C1.Cl. The lowest BCUT2D eigenvalue weighted by Crippen LogP contribution is -2.42. The van der Waals surface area contributed by atoms with Crippen LogP contribution in [0.3, 0.4) is 0 Å². The lowest BCUT2D eigenvalue weighted by atomic mass is 9.98. The van der Waals surface area contributed by atoms with Crippen LogP contribution in [0.4, 0.5) is 0 Å². The maximum absolute atomic E-state index is 12.3. The number of rotatable bonds is 5. The predicted octanol–water partition coefficient (Wildman–Crippen LogP) is 1.92. The van der Waals surface area contributed by atoms with Crippen LogP contribution in [0.2, 0.25) is 0 Å². The van der Waals surface area contributed by atoms with E-state index in [0.717, 1.165) is 26.1 Å². The molecular weight excluding hydrogens is 280 g/mol. The summed E-state index contributed by atoms with van der Waals surface area (Å²) in [6.45, 7) is 2.98. The van der Waals surface area contributed by atoms with E-state index in [2.05, 4.69) is 5.32 Å². The van der Waals surface area contributed by atoms with E-state index in [1.54, 1.807) is 19.2 Å². The number of ether oxygens (including phenoxy) is 1. The number of nitrogens with one attached hydrogen (secondary N) is 1. The molecule has 1 fully saturated rings. The van der Waals surface area contributed by atoms with Crippen molar-refractivity contribution in [1.29, 1.82) is 0 Å². The zero-order valence-corrected chi connectivity index (χ0v) is 12.9. The first-order valence-electron chi connectivity index (χ1n) is 6.76. The summed E-state index contributed by atoms with van der Waals surface area (Å²) in [4.78, 5) is 14.2. The van der Waals surface area contributed by atoms with Crippen LogP contribution in [0.25, 0.3) is 0 Å². The monoisotopic (exact) mass is 302 g/mol. The molecule has 0 radical (unpaired) electrons. The predicted molar refractivity (Wildman–Crippen MR) is 79.2 cm³/mol. The van der Waals surface area contributed by atoms with E-state index in [-0.39, 0.29) is 18.3 Å². The second-order valence-electron chi connectivity index (χ2n) is 5.02. The number of methoxy groups -OCH3 is 1. The Hall–Kier alpha value is -1.04. The highest BCUT2D eigenvalue weighted by molar-refractivity contribution is 5.91. The molecular formula is C14H23ClN2O3. The molecule has 1 atom stereocenters. The van der Waals surface area contributed by atoms with Crippen molar-refractivity contribution in [3.63, 3.8) is 0 Å². The van der Waals surface area contributed by atoms with Gasteiger partial charge >= 0.3 is 0 Å². The number of likely N-dealkylation sites (tertiary alicyclic amines) is 1. The summed E-state index contributed by atoms with van der Waals surface area (Å²) in [5.74, 6) is 1.63. The zero-order chi connectivity index (χ0) is 13.7. The lowest BCUT2D eigenvalue weighted by Gasteiger charge is -2.32. The molecule has 2 heterocycles. The molecule has 0 aliphatic carbocycles. The Morgan fingerprint density at radius 2 is 2.35 bits per heavy atom. The van der Waals surface area contributed by atoms with Crippen molar-refractivity contribution < 1.29 is 13.9 Å². The maximum Gasteiger partial charge on any atom is 0.289 e. The zero-order valence-electron chi connectivity index (χ0n) is 12.1. The van der Waals surface area contributed by atoms with Crippen LogP contribution in [-0.4, -0.2) is 44.6 Å². The van der Waals surface area contributed by atoms with E-state index >= 15 is 0 Å². The van der Waals surface area contributed by atoms with Crippen LogP contribution < -0.4 is 5.32 Å². The van der Waals surface area contributed by atoms with Gasteiger partial charge in [-0.3, -0.25) is 4.79 Å². The molecule has 1 saturated heterocycles. The van der Waals surface area contributed by atoms with Gasteiger partial charge in [0, 0.05) is 20.2 Å². The third kappa shape index (κ3) is 4.23. The minimum atomic E-state index is -0.0110. The van der Waals surface area contributed by atoms with Crippen molar-refractivity contribution in [2.24, 2.45) is 5.92 Å². The van der Waals surface area contributed by atoms with Gasteiger partial charge in [-0.25, -0.2) is 0 Å². The number of piperidine rings is 1. The summed E-state index contributed by atoms with van der Waals surface area (Å²) >= 11 is 0. The summed E-state index contributed by atoms with van der Waals surface area (Å²) < 4.78 is 10.5. The minimum Gasteiger partial charge on any atom is -0.453 e. The lowest BCUT2D eigenvalue weighted by molar-refractivity contribution is 0.0635. The van der Waals surface area contributed by atoms with Crippen LogP contribution in [-0.2, 0) is 11.3 Å². The van der Waals surface area contributed by atoms with Gasteiger partial charge in [-0.05, 0) is 44.5 Å². The largest absolute Gasteiger partial charge is 0.453 e. The van der Waals surface area contributed by atoms with Gasteiger partial charge in [0.25, 0.3) is 5.91 Å². The first-order chi connectivity index (χ1) is 9.24. The van der Waals surface area contributed by atoms with E-state index < -0.39 is 0 Å². The van der Waals surface area contributed by atoms with E-state index in [9.17, 15) is 4.79 Å². The molecule has 0 saturated carbocycles. The van der Waals surface area contributed by atoms with Crippen molar-refractivity contribution in [3.8, 4) is 0 Å². The van der Waals surface area contributed by atoms with Crippen molar-refractivity contribution in [2.75, 3.05) is 33.8 Å². The molecule has 0 spiro atoms. The standard InChI is InChI=1S/C14H22N2O3.ClH/c1-15-8-11-4-3-7-16(9-11)14(17)13-6-5-12(19-13)10-18-2;/h5-6,11,15H,3-4,7-10H2,1-2H3;1H. The Bertz CT molecular complexity index is 420. The molecule has 6 heteroatoms. The molecule has 2 rings (SSSR count). The Morgan fingerprint density at radius 1 is 1.55 bits per heavy atom. The number of halogens is 1. The highest BCUT2D eigenvalue weighted by Gasteiger charge is 2.25. The van der Waals surface area contributed by atoms with E-state index in [1.807, 2.05) is 11.9 Å². The molecule has 1 aromatic heterocycles. The fraction of sp³-hybridized carbons (Fsp3) is 0.643. The maximum atomic E-state index is 12.3. The van der Waals surface area contributed by atoms with Crippen molar-refractivity contribution in [3.05, 3.63) is 23.7 Å². The number of nitrogens with zero attached hydrogens (tertiary/aromatic N) is 1. The number of carbonyl (C=O) groups excluding carboxylic acids is 1. The normalized spacial score (nSPS) is 18.7. The molecule has 0 aromatic carbocycles. The third-order valence-electron chi connectivity index (χ3n) is 3.46. The van der Waals surface area contributed by atoms with Crippen molar-refractivity contribution in [2.45, 2.75) is 19.4 Å². The van der Waals surface area contributed by atoms with Crippen molar-refractivity contribution >= 4 is 18.3 Å². The van der Waals surface area contributed by atoms with Gasteiger partial charge in [0.05, 0.1) is 0 Å². The Morgan fingerprint density at radius 3 is 3.05 bits per heavy atom. The molecule has 1 aliphatic heterocycles. The number of carbonyl (C=O) groups is 1. The number of hydrogen-bond acceptors (Lipinski definition) is 4. The average molecular weight is 303 g/mol. The molecule has 1 N–H and O–H groups in total. The third-order valence-corrected chi connectivity index (χ3v) is 3.46. The van der Waals surface area contributed by atoms with Crippen LogP contribution >= 0.6 is 12.4 Å². The summed E-state index contributed by atoms with van der Waals surface area (Å²) in [7, 11) is 3.56. The molecule has 1 unspecified atom stereocenters. The fourth-order valence-electron chi connectivity index (χ4n) is 2.57. The van der Waals surface area contributed by atoms with E-state index in [4.69, 9.17) is 9.15 Å². The number of amides is 1. The Labute approximate surface area is 126 Å². The molecule has 1 aromatic rings.